The first-order chi connectivity index (χ1) is 10.6. The van der Waals surface area contributed by atoms with Crippen LogP contribution >= 0.6 is 11.6 Å². The molecule has 1 aromatic rings. The molecule has 2 fully saturated rings. The van der Waals surface area contributed by atoms with Gasteiger partial charge in [0.05, 0.1) is 30.9 Å². The van der Waals surface area contributed by atoms with Crippen molar-refractivity contribution < 1.29 is 19.0 Å². The maximum Gasteiger partial charge on any atom is 0.168 e. The molecule has 0 unspecified atom stereocenters. The summed E-state index contributed by atoms with van der Waals surface area (Å²) >= 11 is 5.70. The van der Waals surface area contributed by atoms with Crippen LogP contribution in [0.5, 0.6) is 0 Å². The number of ether oxygens (including phenoxy) is 2. The van der Waals surface area contributed by atoms with Gasteiger partial charge in [-0.05, 0) is 30.5 Å². The second-order valence-corrected chi connectivity index (χ2v) is 6.36. The Balaban J connectivity index is 1.60. The lowest BCUT2D eigenvalue weighted by molar-refractivity contribution is -0.179. The lowest BCUT2D eigenvalue weighted by atomic mass is 9.89. The van der Waals surface area contributed by atoms with Crippen LogP contribution in [0.15, 0.2) is 18.2 Å². The lowest BCUT2D eigenvalue weighted by Gasteiger charge is -2.37. The average molecular weight is 330 g/mol. The molecular weight excluding hydrogens is 309 g/mol. The Labute approximate surface area is 134 Å². The first-order valence-electron chi connectivity index (χ1n) is 7.72. The van der Waals surface area contributed by atoms with E-state index in [1.165, 1.54) is 12.1 Å². The summed E-state index contributed by atoms with van der Waals surface area (Å²) in [5, 5.41) is 13.1. The van der Waals surface area contributed by atoms with Gasteiger partial charge in [-0.1, -0.05) is 17.7 Å². The minimum Gasteiger partial charge on any atom is -0.394 e. The van der Waals surface area contributed by atoms with Crippen LogP contribution in [-0.2, 0) is 9.47 Å². The topological polar surface area (TPSA) is 50.7 Å². The Kier molecular flexibility index (Phi) is 5.00. The van der Waals surface area contributed by atoms with Gasteiger partial charge in [-0.3, -0.25) is 0 Å². The molecule has 0 radical (unpaired) electrons. The highest BCUT2D eigenvalue weighted by Crippen LogP contribution is 2.36. The number of hydrogen-bond acceptors (Lipinski definition) is 4. The third kappa shape index (κ3) is 3.44. The van der Waals surface area contributed by atoms with Crippen LogP contribution in [0.3, 0.4) is 0 Å². The fourth-order valence-corrected chi connectivity index (χ4v) is 3.40. The molecule has 2 aliphatic rings. The Hall–Kier alpha value is -0.720. The van der Waals surface area contributed by atoms with E-state index in [1.807, 2.05) is 0 Å². The van der Waals surface area contributed by atoms with Crippen molar-refractivity contribution in [3.05, 3.63) is 34.6 Å². The van der Waals surface area contributed by atoms with E-state index in [4.69, 9.17) is 21.1 Å². The normalized spacial score (nSPS) is 23.0. The zero-order chi connectivity index (χ0) is 15.6. The zero-order valence-electron chi connectivity index (χ0n) is 12.4. The highest BCUT2D eigenvalue weighted by molar-refractivity contribution is 6.30. The number of aliphatic hydroxyl groups is 1. The van der Waals surface area contributed by atoms with Gasteiger partial charge in [-0.25, -0.2) is 4.39 Å². The molecular formula is C16H21ClFNO3. The molecule has 1 spiro atoms. The van der Waals surface area contributed by atoms with Crippen LogP contribution in [0.1, 0.15) is 37.3 Å². The minimum absolute atomic E-state index is 0.0876. The van der Waals surface area contributed by atoms with Crippen molar-refractivity contribution in [2.45, 2.75) is 43.6 Å². The van der Waals surface area contributed by atoms with Crippen molar-refractivity contribution >= 4 is 11.6 Å². The first kappa shape index (κ1) is 16.1. The van der Waals surface area contributed by atoms with Crippen molar-refractivity contribution in [2.75, 3.05) is 19.8 Å². The molecule has 0 amide bonds. The molecule has 1 aliphatic heterocycles. The van der Waals surface area contributed by atoms with E-state index in [2.05, 4.69) is 5.32 Å². The molecule has 0 aromatic heterocycles. The molecule has 1 aliphatic carbocycles. The third-order valence-corrected chi connectivity index (χ3v) is 4.83. The molecule has 122 valence electrons. The Morgan fingerprint density at radius 1 is 1.32 bits per heavy atom. The van der Waals surface area contributed by atoms with E-state index in [1.54, 1.807) is 6.07 Å². The van der Waals surface area contributed by atoms with Crippen LogP contribution in [0.25, 0.3) is 0 Å². The van der Waals surface area contributed by atoms with Gasteiger partial charge >= 0.3 is 0 Å². The molecule has 4 nitrogen and oxygen atoms in total. The van der Waals surface area contributed by atoms with Gasteiger partial charge < -0.3 is 19.9 Å². The SMILES string of the molecule is OC[C@H](NC1CCC2(CC1)OCCO2)c1ccc(Cl)c(F)c1. The summed E-state index contributed by atoms with van der Waals surface area (Å²) in [6.45, 7) is 1.25. The molecule has 1 atom stereocenters. The van der Waals surface area contributed by atoms with Crippen molar-refractivity contribution in [2.24, 2.45) is 0 Å². The predicted molar refractivity (Wildman–Crippen MR) is 81.3 cm³/mol. The van der Waals surface area contributed by atoms with Crippen molar-refractivity contribution in [1.29, 1.82) is 0 Å². The first-order valence-corrected chi connectivity index (χ1v) is 8.09. The molecule has 0 bridgehead atoms. The van der Waals surface area contributed by atoms with Crippen LogP contribution in [-0.4, -0.2) is 36.8 Å². The molecule has 2 N–H and O–H groups in total. The van der Waals surface area contributed by atoms with Crippen molar-refractivity contribution in [3.63, 3.8) is 0 Å². The van der Waals surface area contributed by atoms with Crippen LogP contribution in [0.4, 0.5) is 4.39 Å². The van der Waals surface area contributed by atoms with E-state index >= 15 is 0 Å². The Morgan fingerprint density at radius 3 is 2.59 bits per heavy atom. The molecule has 1 saturated carbocycles. The van der Waals surface area contributed by atoms with Crippen LogP contribution < -0.4 is 5.32 Å². The van der Waals surface area contributed by atoms with Crippen LogP contribution in [0, 0.1) is 5.82 Å². The molecule has 22 heavy (non-hydrogen) atoms. The minimum atomic E-state index is -0.463. The summed E-state index contributed by atoms with van der Waals surface area (Å²) in [5.74, 6) is -0.853. The summed E-state index contributed by atoms with van der Waals surface area (Å²) in [7, 11) is 0. The summed E-state index contributed by atoms with van der Waals surface area (Å²) in [5.41, 5.74) is 0.707. The predicted octanol–water partition coefficient (Wildman–Crippen LogP) is 2.79. The number of nitrogens with one attached hydrogen (secondary N) is 1. The van der Waals surface area contributed by atoms with Crippen molar-refractivity contribution in [3.8, 4) is 0 Å². The van der Waals surface area contributed by atoms with E-state index in [0.29, 0.717) is 18.8 Å². The summed E-state index contributed by atoms with van der Waals surface area (Å²) in [6, 6.07) is 4.61. The largest absolute Gasteiger partial charge is 0.394 e. The van der Waals surface area contributed by atoms with Crippen molar-refractivity contribution in [1.82, 2.24) is 5.32 Å². The van der Waals surface area contributed by atoms with Gasteiger partial charge in [0, 0.05) is 18.9 Å². The summed E-state index contributed by atoms with van der Waals surface area (Å²) in [6.07, 6.45) is 3.51. The average Bonchev–Trinajstić information content (AvgIpc) is 2.98. The number of benzene rings is 1. The van der Waals surface area contributed by atoms with E-state index in [0.717, 1.165) is 25.7 Å². The summed E-state index contributed by atoms with van der Waals surface area (Å²) < 4.78 is 25.0. The summed E-state index contributed by atoms with van der Waals surface area (Å²) in [4.78, 5) is 0. The van der Waals surface area contributed by atoms with Gasteiger partial charge in [-0.2, -0.15) is 0 Å². The van der Waals surface area contributed by atoms with Gasteiger partial charge in [0.15, 0.2) is 5.79 Å². The van der Waals surface area contributed by atoms with E-state index in [9.17, 15) is 9.50 Å². The highest BCUT2D eigenvalue weighted by atomic mass is 35.5. The lowest BCUT2D eigenvalue weighted by Crippen LogP contribution is -2.43. The van der Waals surface area contributed by atoms with Crippen LogP contribution in [0.2, 0.25) is 5.02 Å². The van der Waals surface area contributed by atoms with E-state index < -0.39 is 5.82 Å². The number of rotatable bonds is 4. The molecule has 6 heteroatoms. The third-order valence-electron chi connectivity index (χ3n) is 4.53. The monoisotopic (exact) mass is 329 g/mol. The van der Waals surface area contributed by atoms with E-state index in [-0.39, 0.29) is 29.5 Å². The smallest absolute Gasteiger partial charge is 0.168 e. The molecule has 1 heterocycles. The number of aliphatic hydroxyl groups excluding tert-OH is 1. The Morgan fingerprint density at radius 2 is 2.00 bits per heavy atom. The molecule has 3 rings (SSSR count). The second kappa shape index (κ2) is 6.81. The highest BCUT2D eigenvalue weighted by Gasteiger charge is 2.40. The number of halogens is 2. The zero-order valence-corrected chi connectivity index (χ0v) is 13.1. The quantitative estimate of drug-likeness (QED) is 0.892. The maximum absolute atomic E-state index is 13.6. The Bertz CT molecular complexity index is 512. The van der Waals surface area contributed by atoms with Gasteiger partial charge in [0.2, 0.25) is 0 Å². The van der Waals surface area contributed by atoms with Gasteiger partial charge in [0.1, 0.15) is 5.82 Å². The molecule has 1 aromatic carbocycles. The number of hydrogen-bond donors (Lipinski definition) is 2. The van der Waals surface area contributed by atoms with Gasteiger partial charge in [0.25, 0.3) is 0 Å². The second-order valence-electron chi connectivity index (χ2n) is 5.96. The fraction of sp³-hybridized carbons (Fsp3) is 0.625. The maximum atomic E-state index is 13.6. The van der Waals surface area contributed by atoms with Gasteiger partial charge in [-0.15, -0.1) is 0 Å². The molecule has 1 saturated heterocycles. The fourth-order valence-electron chi connectivity index (χ4n) is 3.28. The standard InChI is InChI=1S/C16H21ClFNO3/c17-13-2-1-11(9-14(13)18)15(10-20)19-12-3-5-16(6-4-12)21-7-8-22-16/h1-2,9,12,15,19-20H,3-8,10H2/t15-/m0/s1.